The number of hydrogen-bond acceptors (Lipinski definition) is 3. The number of hydrogen-bond donors (Lipinski definition) is 1. The zero-order valence-corrected chi connectivity index (χ0v) is 9.87. The van der Waals surface area contributed by atoms with Gasteiger partial charge in [0.2, 0.25) is 5.91 Å². The lowest BCUT2D eigenvalue weighted by Gasteiger charge is -2.08. The van der Waals surface area contributed by atoms with Gasteiger partial charge in [-0.15, -0.1) is 0 Å². The number of anilines is 1. The lowest BCUT2D eigenvalue weighted by molar-refractivity contribution is -0.384. The molecule has 1 aliphatic heterocycles. The molecule has 3 rings (SSSR count). The largest absolute Gasteiger partial charge is 0.325 e. The quantitative estimate of drug-likeness (QED) is 0.661. The molecule has 94 valence electrons. The molecule has 1 amide bonds. The summed E-state index contributed by atoms with van der Waals surface area (Å²) >= 11 is 0. The zero-order chi connectivity index (χ0) is 13.4. The summed E-state index contributed by atoms with van der Waals surface area (Å²) in [6.07, 6.45) is 0. The molecule has 0 radical (unpaired) electrons. The Balaban J connectivity index is 2.08. The number of fused-ring (bicyclic) bond motifs is 1. The average molecular weight is 254 g/mol. The lowest BCUT2D eigenvalue weighted by atomic mass is 9.92. The van der Waals surface area contributed by atoms with Crippen molar-refractivity contribution in [3.8, 4) is 0 Å². The highest BCUT2D eigenvalue weighted by Gasteiger charge is 2.32. The van der Waals surface area contributed by atoms with Crippen molar-refractivity contribution in [2.24, 2.45) is 0 Å². The smallest absolute Gasteiger partial charge is 0.271 e. The standard InChI is InChI=1S/C14H10N2O3/c17-14-13(9-4-2-1-3-5-9)11-7-6-10(16(18)19)8-12(11)15-14/h1-8,13H,(H,15,17). The van der Waals surface area contributed by atoms with E-state index in [4.69, 9.17) is 0 Å². The van der Waals surface area contributed by atoms with Crippen LogP contribution in [0.15, 0.2) is 48.5 Å². The van der Waals surface area contributed by atoms with Gasteiger partial charge in [-0.2, -0.15) is 0 Å². The molecule has 0 fully saturated rings. The third-order valence-corrected chi connectivity index (χ3v) is 3.21. The van der Waals surface area contributed by atoms with E-state index in [1.807, 2.05) is 30.3 Å². The summed E-state index contributed by atoms with van der Waals surface area (Å²) in [5.74, 6) is -0.543. The predicted octanol–water partition coefficient (Wildman–Crippen LogP) is 2.68. The predicted molar refractivity (Wildman–Crippen MR) is 70.0 cm³/mol. The molecule has 2 aromatic carbocycles. The summed E-state index contributed by atoms with van der Waals surface area (Å²) < 4.78 is 0. The van der Waals surface area contributed by atoms with E-state index in [0.717, 1.165) is 11.1 Å². The summed E-state index contributed by atoms with van der Waals surface area (Å²) in [4.78, 5) is 22.3. The fourth-order valence-electron chi connectivity index (χ4n) is 2.34. The van der Waals surface area contributed by atoms with E-state index in [0.29, 0.717) is 5.69 Å². The van der Waals surface area contributed by atoms with Crippen LogP contribution in [0.4, 0.5) is 11.4 Å². The molecule has 1 N–H and O–H groups in total. The molecule has 0 saturated heterocycles. The Labute approximate surface area is 109 Å². The third kappa shape index (κ3) is 1.85. The Morgan fingerprint density at radius 1 is 1.11 bits per heavy atom. The molecule has 19 heavy (non-hydrogen) atoms. The number of amides is 1. The fraction of sp³-hybridized carbons (Fsp3) is 0.0714. The van der Waals surface area contributed by atoms with Crippen LogP contribution in [0.5, 0.6) is 0 Å². The van der Waals surface area contributed by atoms with Gasteiger partial charge < -0.3 is 5.32 Å². The number of rotatable bonds is 2. The van der Waals surface area contributed by atoms with Crippen LogP contribution in [0.25, 0.3) is 0 Å². The van der Waals surface area contributed by atoms with Crippen molar-refractivity contribution in [1.29, 1.82) is 0 Å². The van der Waals surface area contributed by atoms with E-state index < -0.39 is 10.8 Å². The molecule has 0 aliphatic carbocycles. The number of nitrogens with one attached hydrogen (secondary N) is 1. The Bertz CT molecular complexity index is 668. The minimum atomic E-state index is -0.470. The molecule has 0 spiro atoms. The van der Waals surface area contributed by atoms with Crippen molar-refractivity contribution in [3.05, 3.63) is 69.8 Å². The van der Waals surface area contributed by atoms with Crippen LogP contribution in [0.1, 0.15) is 17.0 Å². The van der Waals surface area contributed by atoms with Gasteiger partial charge in [0.25, 0.3) is 5.69 Å². The zero-order valence-electron chi connectivity index (χ0n) is 9.87. The second-order valence-corrected chi connectivity index (χ2v) is 4.36. The normalized spacial score (nSPS) is 16.8. The van der Waals surface area contributed by atoms with Crippen LogP contribution in [-0.2, 0) is 4.79 Å². The van der Waals surface area contributed by atoms with Gasteiger partial charge in [0, 0.05) is 12.1 Å². The Hall–Kier alpha value is -2.69. The van der Waals surface area contributed by atoms with Crippen LogP contribution in [-0.4, -0.2) is 10.8 Å². The van der Waals surface area contributed by atoms with Crippen molar-refractivity contribution >= 4 is 17.3 Å². The van der Waals surface area contributed by atoms with Gasteiger partial charge in [0.15, 0.2) is 0 Å². The van der Waals surface area contributed by atoms with Crippen molar-refractivity contribution < 1.29 is 9.72 Å². The molecule has 5 nitrogen and oxygen atoms in total. The van der Waals surface area contributed by atoms with E-state index in [2.05, 4.69) is 5.32 Å². The number of nitro groups is 1. The molecule has 0 saturated carbocycles. The van der Waals surface area contributed by atoms with Gasteiger partial charge >= 0.3 is 0 Å². The number of non-ortho nitro benzene ring substituents is 1. The SMILES string of the molecule is O=C1Nc2cc([N+](=O)[O-])ccc2C1c1ccccc1. The van der Waals surface area contributed by atoms with Crippen molar-refractivity contribution in [2.45, 2.75) is 5.92 Å². The number of benzene rings is 2. The molecule has 1 heterocycles. The first-order valence-electron chi connectivity index (χ1n) is 5.81. The molecule has 1 atom stereocenters. The topological polar surface area (TPSA) is 72.2 Å². The maximum Gasteiger partial charge on any atom is 0.271 e. The molecule has 5 heteroatoms. The van der Waals surface area contributed by atoms with Gasteiger partial charge in [-0.3, -0.25) is 14.9 Å². The Morgan fingerprint density at radius 2 is 1.84 bits per heavy atom. The van der Waals surface area contributed by atoms with Gasteiger partial charge in [-0.05, 0) is 17.2 Å². The Morgan fingerprint density at radius 3 is 2.53 bits per heavy atom. The van der Waals surface area contributed by atoms with Gasteiger partial charge in [-0.1, -0.05) is 30.3 Å². The van der Waals surface area contributed by atoms with E-state index in [1.54, 1.807) is 6.07 Å². The summed E-state index contributed by atoms with van der Waals surface area (Å²) in [7, 11) is 0. The molecular weight excluding hydrogens is 244 g/mol. The van der Waals surface area contributed by atoms with E-state index in [9.17, 15) is 14.9 Å². The molecule has 1 aliphatic rings. The van der Waals surface area contributed by atoms with Crippen molar-refractivity contribution in [1.82, 2.24) is 0 Å². The number of nitro benzene ring substituents is 1. The van der Waals surface area contributed by atoms with E-state index in [1.165, 1.54) is 12.1 Å². The summed E-state index contributed by atoms with van der Waals surface area (Å²) in [5, 5.41) is 13.4. The highest BCUT2D eigenvalue weighted by Crippen LogP contribution is 2.38. The summed E-state index contributed by atoms with van der Waals surface area (Å²) in [5.41, 5.74) is 2.16. The first kappa shape index (κ1) is 11.4. The van der Waals surface area contributed by atoms with Gasteiger partial charge in [0.1, 0.15) is 0 Å². The first-order chi connectivity index (χ1) is 9.16. The maximum atomic E-state index is 12.0. The highest BCUT2D eigenvalue weighted by molar-refractivity contribution is 6.05. The summed E-state index contributed by atoms with van der Waals surface area (Å²) in [6.45, 7) is 0. The minimum Gasteiger partial charge on any atom is -0.325 e. The lowest BCUT2D eigenvalue weighted by Crippen LogP contribution is -2.12. The van der Waals surface area contributed by atoms with Crippen LogP contribution in [0, 0.1) is 10.1 Å². The second kappa shape index (κ2) is 4.20. The minimum absolute atomic E-state index is 0.0206. The second-order valence-electron chi connectivity index (χ2n) is 4.36. The fourth-order valence-corrected chi connectivity index (χ4v) is 2.34. The number of nitrogens with zero attached hydrogens (tertiary/aromatic N) is 1. The van der Waals surface area contributed by atoms with Crippen LogP contribution >= 0.6 is 0 Å². The number of carbonyl (C=O) groups is 1. The van der Waals surface area contributed by atoms with Crippen molar-refractivity contribution in [3.63, 3.8) is 0 Å². The molecule has 0 bridgehead atoms. The Kier molecular flexibility index (Phi) is 2.52. The molecule has 1 unspecified atom stereocenters. The highest BCUT2D eigenvalue weighted by atomic mass is 16.6. The molecular formula is C14H10N2O3. The number of carbonyl (C=O) groups excluding carboxylic acids is 1. The third-order valence-electron chi connectivity index (χ3n) is 3.21. The van der Waals surface area contributed by atoms with Gasteiger partial charge in [-0.25, -0.2) is 0 Å². The van der Waals surface area contributed by atoms with Gasteiger partial charge in [0.05, 0.1) is 16.5 Å². The monoisotopic (exact) mass is 254 g/mol. The van der Waals surface area contributed by atoms with Crippen molar-refractivity contribution in [2.75, 3.05) is 5.32 Å². The first-order valence-corrected chi connectivity index (χ1v) is 5.81. The maximum absolute atomic E-state index is 12.0. The molecule has 0 aromatic heterocycles. The summed E-state index contributed by atoms with van der Waals surface area (Å²) in [6, 6.07) is 13.8. The van der Waals surface area contributed by atoms with E-state index in [-0.39, 0.29) is 11.6 Å². The van der Waals surface area contributed by atoms with E-state index >= 15 is 0 Å². The van der Waals surface area contributed by atoms with Crippen LogP contribution in [0.3, 0.4) is 0 Å². The average Bonchev–Trinajstić information content (AvgIpc) is 2.74. The van der Waals surface area contributed by atoms with Crippen LogP contribution in [0.2, 0.25) is 0 Å². The van der Waals surface area contributed by atoms with Crippen LogP contribution < -0.4 is 5.32 Å². The molecule has 2 aromatic rings.